The van der Waals surface area contributed by atoms with Crippen LogP contribution in [0, 0.1) is 0 Å². The molecule has 0 fully saturated rings. The molecular formula is C13H8BrNO3S. The molecule has 0 saturated heterocycles. The molecule has 4 nitrogen and oxygen atoms in total. The van der Waals surface area contributed by atoms with Crippen LogP contribution < -0.4 is 4.31 Å². The van der Waals surface area contributed by atoms with Gasteiger partial charge in [-0.25, -0.2) is 8.42 Å². The van der Waals surface area contributed by atoms with Gasteiger partial charge in [0.1, 0.15) is 4.90 Å². The molecule has 1 aliphatic rings. The first-order valence-corrected chi connectivity index (χ1v) is 7.70. The number of hydrogen-bond donors (Lipinski definition) is 0. The summed E-state index contributed by atoms with van der Waals surface area (Å²) >= 11 is 3.27. The van der Waals surface area contributed by atoms with Crippen LogP contribution >= 0.6 is 15.9 Å². The third kappa shape index (κ3) is 1.71. The second-order valence-electron chi connectivity index (χ2n) is 4.02. The number of para-hydroxylation sites is 1. The van der Waals surface area contributed by atoms with E-state index in [1.54, 1.807) is 36.4 Å². The Morgan fingerprint density at radius 3 is 2.26 bits per heavy atom. The Bertz CT molecular complexity index is 786. The summed E-state index contributed by atoms with van der Waals surface area (Å²) in [6, 6.07) is 12.9. The van der Waals surface area contributed by atoms with E-state index in [1.165, 1.54) is 12.1 Å². The van der Waals surface area contributed by atoms with Crippen molar-refractivity contribution in [3.8, 4) is 0 Å². The van der Waals surface area contributed by atoms with Crippen LogP contribution in [-0.2, 0) is 10.0 Å². The Morgan fingerprint density at radius 1 is 0.947 bits per heavy atom. The molecule has 2 aromatic carbocycles. The molecule has 0 unspecified atom stereocenters. The van der Waals surface area contributed by atoms with Crippen LogP contribution in [0.4, 0.5) is 5.69 Å². The average Bonchev–Trinajstić information content (AvgIpc) is 2.60. The van der Waals surface area contributed by atoms with Gasteiger partial charge in [0, 0.05) is 4.47 Å². The van der Waals surface area contributed by atoms with E-state index in [0.29, 0.717) is 10.2 Å². The minimum absolute atomic E-state index is 0.0516. The molecule has 1 aliphatic heterocycles. The Balaban J connectivity index is 2.28. The number of anilines is 1. The molecule has 1 heterocycles. The molecule has 96 valence electrons. The highest BCUT2D eigenvalue weighted by Gasteiger charge is 2.42. The lowest BCUT2D eigenvalue weighted by Crippen LogP contribution is -2.29. The van der Waals surface area contributed by atoms with Gasteiger partial charge in [-0.3, -0.25) is 4.79 Å². The summed E-state index contributed by atoms with van der Waals surface area (Å²) in [5.41, 5.74) is 0.530. The molecular weight excluding hydrogens is 330 g/mol. The lowest BCUT2D eigenvalue weighted by atomic mass is 10.2. The van der Waals surface area contributed by atoms with E-state index < -0.39 is 15.9 Å². The lowest BCUT2D eigenvalue weighted by molar-refractivity contribution is 0.101. The van der Waals surface area contributed by atoms with Crippen molar-refractivity contribution in [3.63, 3.8) is 0 Å². The Hall–Kier alpha value is -1.66. The molecule has 6 heteroatoms. The van der Waals surface area contributed by atoms with Crippen LogP contribution in [0.1, 0.15) is 10.4 Å². The van der Waals surface area contributed by atoms with E-state index >= 15 is 0 Å². The number of amides is 1. The van der Waals surface area contributed by atoms with E-state index in [9.17, 15) is 13.2 Å². The molecule has 0 radical (unpaired) electrons. The monoisotopic (exact) mass is 337 g/mol. The van der Waals surface area contributed by atoms with Gasteiger partial charge in [-0.2, -0.15) is 4.31 Å². The maximum atomic E-state index is 12.4. The Labute approximate surface area is 118 Å². The van der Waals surface area contributed by atoms with Gasteiger partial charge in [0.25, 0.3) is 15.9 Å². The van der Waals surface area contributed by atoms with Crippen LogP contribution in [0.3, 0.4) is 0 Å². The summed E-state index contributed by atoms with van der Waals surface area (Å²) < 4.78 is 26.3. The predicted molar refractivity (Wildman–Crippen MR) is 74.6 cm³/mol. The summed E-state index contributed by atoms with van der Waals surface area (Å²) in [6.45, 7) is 0. The predicted octanol–water partition coefficient (Wildman–Crippen LogP) is 2.80. The Kier molecular flexibility index (Phi) is 2.72. The molecule has 1 amide bonds. The third-order valence-electron chi connectivity index (χ3n) is 2.89. The highest BCUT2D eigenvalue weighted by Crippen LogP contribution is 2.37. The van der Waals surface area contributed by atoms with Gasteiger partial charge in [-0.1, -0.05) is 24.3 Å². The van der Waals surface area contributed by atoms with E-state index in [0.717, 1.165) is 4.31 Å². The molecule has 0 N–H and O–H groups in total. The van der Waals surface area contributed by atoms with Crippen molar-refractivity contribution in [2.24, 2.45) is 0 Å². The van der Waals surface area contributed by atoms with Crippen molar-refractivity contribution in [2.45, 2.75) is 4.90 Å². The van der Waals surface area contributed by atoms with Gasteiger partial charge < -0.3 is 0 Å². The van der Waals surface area contributed by atoms with Crippen molar-refractivity contribution < 1.29 is 13.2 Å². The van der Waals surface area contributed by atoms with Gasteiger partial charge in [0.2, 0.25) is 0 Å². The summed E-state index contributed by atoms with van der Waals surface area (Å²) in [5.74, 6) is -0.525. The smallest absolute Gasteiger partial charge is 0.268 e. The van der Waals surface area contributed by atoms with E-state index in [4.69, 9.17) is 0 Å². The number of nitrogens with zero attached hydrogens (tertiary/aromatic N) is 1. The summed E-state index contributed by atoms with van der Waals surface area (Å²) in [4.78, 5) is 12.3. The highest BCUT2D eigenvalue weighted by molar-refractivity contribution is 9.10. The molecule has 0 saturated carbocycles. The van der Waals surface area contributed by atoms with Gasteiger partial charge in [-0.15, -0.1) is 0 Å². The molecule has 19 heavy (non-hydrogen) atoms. The fourth-order valence-electron chi connectivity index (χ4n) is 2.04. The van der Waals surface area contributed by atoms with Crippen molar-refractivity contribution in [2.75, 3.05) is 4.31 Å². The number of hydrogen-bond acceptors (Lipinski definition) is 3. The van der Waals surface area contributed by atoms with Gasteiger partial charge in [0.05, 0.1) is 11.3 Å². The minimum atomic E-state index is -3.82. The zero-order valence-electron chi connectivity index (χ0n) is 9.58. The van der Waals surface area contributed by atoms with Crippen molar-refractivity contribution >= 4 is 37.5 Å². The van der Waals surface area contributed by atoms with E-state index in [1.807, 2.05) is 0 Å². The first-order valence-electron chi connectivity index (χ1n) is 5.47. The summed E-state index contributed by atoms with van der Waals surface area (Å²) in [5, 5.41) is 0. The van der Waals surface area contributed by atoms with Crippen LogP contribution in [0.5, 0.6) is 0 Å². The van der Waals surface area contributed by atoms with Crippen molar-refractivity contribution in [1.82, 2.24) is 0 Å². The molecule has 0 aromatic heterocycles. The van der Waals surface area contributed by atoms with Crippen LogP contribution in [0.2, 0.25) is 0 Å². The topological polar surface area (TPSA) is 54.5 Å². The Morgan fingerprint density at radius 2 is 1.58 bits per heavy atom. The van der Waals surface area contributed by atoms with Crippen LogP contribution in [0.25, 0.3) is 0 Å². The maximum absolute atomic E-state index is 12.4. The third-order valence-corrected chi connectivity index (χ3v) is 5.32. The second kappa shape index (κ2) is 4.18. The largest absolute Gasteiger partial charge is 0.273 e. The molecule has 0 bridgehead atoms. The standard InChI is InChI=1S/C13H8BrNO3S/c14-10-6-2-3-7-11(10)15-13(16)9-5-1-4-8-12(9)19(15,17)18/h1-8H. The van der Waals surface area contributed by atoms with Crippen molar-refractivity contribution in [1.29, 1.82) is 0 Å². The number of sulfonamides is 1. The number of carbonyl (C=O) groups is 1. The van der Waals surface area contributed by atoms with Crippen molar-refractivity contribution in [3.05, 3.63) is 58.6 Å². The first kappa shape index (κ1) is 12.4. The molecule has 0 spiro atoms. The van der Waals surface area contributed by atoms with Gasteiger partial charge >= 0.3 is 0 Å². The summed E-state index contributed by atoms with van der Waals surface area (Å²) in [7, 11) is -3.82. The fourth-order valence-corrected chi connectivity index (χ4v) is 4.24. The summed E-state index contributed by atoms with van der Waals surface area (Å²) in [6.07, 6.45) is 0. The molecule has 0 atom stereocenters. The van der Waals surface area contributed by atoms with Gasteiger partial charge in [0.15, 0.2) is 0 Å². The van der Waals surface area contributed by atoms with E-state index in [2.05, 4.69) is 15.9 Å². The maximum Gasteiger partial charge on any atom is 0.273 e. The lowest BCUT2D eigenvalue weighted by Gasteiger charge is -2.16. The number of halogens is 1. The molecule has 0 aliphatic carbocycles. The fraction of sp³-hybridized carbons (Fsp3) is 0. The van der Waals surface area contributed by atoms with Crippen LogP contribution in [-0.4, -0.2) is 14.3 Å². The minimum Gasteiger partial charge on any atom is -0.268 e. The number of rotatable bonds is 1. The first-order chi connectivity index (χ1) is 9.03. The normalized spacial score (nSPS) is 16.5. The van der Waals surface area contributed by atoms with Gasteiger partial charge in [-0.05, 0) is 40.2 Å². The SMILES string of the molecule is O=C1c2ccccc2S(=O)(=O)N1c1ccccc1Br. The zero-order valence-corrected chi connectivity index (χ0v) is 12.0. The second-order valence-corrected chi connectivity index (χ2v) is 6.63. The quantitative estimate of drug-likeness (QED) is 0.803. The number of carbonyl (C=O) groups excluding carboxylic acids is 1. The number of benzene rings is 2. The van der Waals surface area contributed by atoms with Crippen LogP contribution in [0.15, 0.2) is 57.9 Å². The highest BCUT2D eigenvalue weighted by atomic mass is 79.9. The molecule has 2 aromatic rings. The molecule has 3 rings (SSSR count). The average molecular weight is 338 g/mol. The zero-order chi connectivity index (χ0) is 13.6. The number of fused-ring (bicyclic) bond motifs is 1. The van der Waals surface area contributed by atoms with E-state index in [-0.39, 0.29) is 10.5 Å².